The third kappa shape index (κ3) is 3.78. The van der Waals surface area contributed by atoms with Crippen molar-refractivity contribution in [3.8, 4) is 0 Å². The molecule has 0 aliphatic carbocycles. The zero-order chi connectivity index (χ0) is 14.5. The summed E-state index contributed by atoms with van der Waals surface area (Å²) in [7, 11) is 3.40. The maximum absolute atomic E-state index is 12.0. The van der Waals surface area contributed by atoms with E-state index in [1.165, 1.54) is 18.4 Å². The molecule has 1 aliphatic rings. The van der Waals surface area contributed by atoms with Crippen LogP contribution in [0, 0.1) is 0 Å². The fourth-order valence-corrected chi connectivity index (χ4v) is 2.84. The number of likely N-dealkylation sites (N-methyl/N-ethyl adjacent to an activating group) is 1. The van der Waals surface area contributed by atoms with Crippen molar-refractivity contribution >= 4 is 28.2 Å². The Kier molecular flexibility index (Phi) is 5.11. The van der Waals surface area contributed by atoms with E-state index in [0.717, 1.165) is 26.2 Å². The molecule has 0 atom stereocenters. The zero-order valence-electron chi connectivity index (χ0n) is 11.7. The van der Waals surface area contributed by atoms with Crippen LogP contribution in [0.1, 0.15) is 10.4 Å². The summed E-state index contributed by atoms with van der Waals surface area (Å²) < 4.78 is 4.68. The van der Waals surface area contributed by atoms with Crippen LogP contribution >= 0.6 is 11.3 Å². The van der Waals surface area contributed by atoms with Crippen LogP contribution in [-0.2, 0) is 9.53 Å². The van der Waals surface area contributed by atoms with E-state index in [0.29, 0.717) is 17.1 Å². The first-order valence-corrected chi connectivity index (χ1v) is 7.34. The van der Waals surface area contributed by atoms with E-state index < -0.39 is 5.97 Å². The van der Waals surface area contributed by atoms with Gasteiger partial charge in [-0.05, 0) is 18.5 Å². The minimum atomic E-state index is -0.429. The van der Waals surface area contributed by atoms with Crippen molar-refractivity contribution in [2.24, 2.45) is 0 Å². The second kappa shape index (κ2) is 6.83. The maximum atomic E-state index is 12.0. The number of carbonyl (C=O) groups is 2. The SMILES string of the molecule is COC(=O)c1ccsc1NC(=O)CN1CCN(C)CC1. The topological polar surface area (TPSA) is 61.9 Å². The van der Waals surface area contributed by atoms with Gasteiger partial charge in [0, 0.05) is 26.2 Å². The van der Waals surface area contributed by atoms with Crippen LogP contribution in [0.4, 0.5) is 5.00 Å². The van der Waals surface area contributed by atoms with Crippen molar-refractivity contribution < 1.29 is 14.3 Å². The molecule has 0 spiro atoms. The molecule has 0 saturated carbocycles. The highest BCUT2D eigenvalue weighted by molar-refractivity contribution is 7.14. The van der Waals surface area contributed by atoms with Crippen LogP contribution in [0.25, 0.3) is 0 Å². The summed E-state index contributed by atoms with van der Waals surface area (Å²) in [6.45, 7) is 4.07. The highest BCUT2D eigenvalue weighted by Crippen LogP contribution is 2.23. The summed E-state index contributed by atoms with van der Waals surface area (Å²) in [5, 5.41) is 5.10. The van der Waals surface area contributed by atoms with Crippen LogP contribution < -0.4 is 5.32 Å². The number of hydrogen-bond donors (Lipinski definition) is 1. The standard InChI is InChI=1S/C13H19N3O3S/c1-15-4-6-16(7-5-15)9-11(17)14-12-10(3-8-20-12)13(18)19-2/h3,8H,4-7,9H2,1-2H3,(H,14,17). The second-order valence-electron chi connectivity index (χ2n) is 4.78. The third-order valence-electron chi connectivity index (χ3n) is 3.29. The van der Waals surface area contributed by atoms with Crippen LogP contribution in [-0.4, -0.2) is 68.6 Å². The number of methoxy groups -OCH3 is 1. The molecule has 0 unspecified atom stereocenters. The summed E-state index contributed by atoms with van der Waals surface area (Å²) in [5.41, 5.74) is 0.407. The molecular weight excluding hydrogens is 278 g/mol. The number of nitrogens with zero attached hydrogens (tertiary/aromatic N) is 2. The van der Waals surface area contributed by atoms with Crippen LogP contribution in [0.5, 0.6) is 0 Å². The molecule has 2 heterocycles. The van der Waals surface area contributed by atoms with Gasteiger partial charge in [0.25, 0.3) is 0 Å². The van der Waals surface area contributed by atoms with E-state index >= 15 is 0 Å². The lowest BCUT2D eigenvalue weighted by Crippen LogP contribution is -2.47. The molecule has 0 bridgehead atoms. The van der Waals surface area contributed by atoms with Gasteiger partial charge < -0.3 is 15.0 Å². The average Bonchev–Trinajstić information content (AvgIpc) is 2.88. The summed E-state index contributed by atoms with van der Waals surface area (Å²) in [6.07, 6.45) is 0. The average molecular weight is 297 g/mol. The van der Waals surface area contributed by atoms with Crippen molar-refractivity contribution in [2.75, 3.05) is 52.2 Å². The first-order chi connectivity index (χ1) is 9.60. The molecule has 0 aromatic carbocycles. The molecule has 20 heavy (non-hydrogen) atoms. The Bertz CT molecular complexity index is 481. The smallest absolute Gasteiger partial charge is 0.340 e. The predicted octanol–water partition coefficient (Wildman–Crippen LogP) is 0.721. The van der Waals surface area contributed by atoms with Crippen LogP contribution in [0.15, 0.2) is 11.4 Å². The van der Waals surface area contributed by atoms with Gasteiger partial charge in [-0.15, -0.1) is 11.3 Å². The highest BCUT2D eigenvalue weighted by atomic mass is 32.1. The van der Waals surface area contributed by atoms with Gasteiger partial charge in [0.05, 0.1) is 19.2 Å². The first-order valence-electron chi connectivity index (χ1n) is 6.46. The largest absolute Gasteiger partial charge is 0.465 e. The minimum absolute atomic E-state index is 0.0952. The molecule has 1 aliphatic heterocycles. The van der Waals surface area contributed by atoms with Gasteiger partial charge in [-0.25, -0.2) is 4.79 Å². The maximum Gasteiger partial charge on any atom is 0.340 e. The van der Waals surface area contributed by atoms with E-state index in [4.69, 9.17) is 0 Å². The van der Waals surface area contributed by atoms with E-state index in [2.05, 4.69) is 26.9 Å². The molecular formula is C13H19N3O3S. The van der Waals surface area contributed by atoms with Gasteiger partial charge in [-0.2, -0.15) is 0 Å². The second-order valence-corrected chi connectivity index (χ2v) is 5.70. The Morgan fingerprint density at radius 1 is 1.35 bits per heavy atom. The van der Waals surface area contributed by atoms with Gasteiger partial charge >= 0.3 is 5.97 Å². The number of carbonyl (C=O) groups excluding carboxylic acids is 2. The van der Waals surface area contributed by atoms with Crippen molar-refractivity contribution in [3.63, 3.8) is 0 Å². The molecule has 1 fully saturated rings. The molecule has 110 valence electrons. The van der Waals surface area contributed by atoms with E-state index in [1.54, 1.807) is 11.4 Å². The number of thiophene rings is 1. The lowest BCUT2D eigenvalue weighted by Gasteiger charge is -2.31. The number of anilines is 1. The van der Waals surface area contributed by atoms with Gasteiger partial charge in [0.15, 0.2) is 0 Å². The molecule has 1 N–H and O–H groups in total. The highest BCUT2D eigenvalue weighted by Gasteiger charge is 2.19. The molecule has 2 rings (SSSR count). The monoisotopic (exact) mass is 297 g/mol. The lowest BCUT2D eigenvalue weighted by molar-refractivity contribution is -0.117. The Balaban J connectivity index is 1.88. The molecule has 1 saturated heterocycles. The minimum Gasteiger partial charge on any atom is -0.465 e. The summed E-state index contributed by atoms with van der Waals surface area (Å²) in [6, 6.07) is 1.65. The fraction of sp³-hybridized carbons (Fsp3) is 0.538. The lowest BCUT2D eigenvalue weighted by atomic mass is 10.3. The Morgan fingerprint density at radius 3 is 2.70 bits per heavy atom. The number of amides is 1. The van der Waals surface area contributed by atoms with E-state index in [1.807, 2.05) is 0 Å². The number of piperazine rings is 1. The summed E-state index contributed by atoms with van der Waals surface area (Å²) >= 11 is 1.32. The Labute approximate surface area is 122 Å². The third-order valence-corrected chi connectivity index (χ3v) is 4.12. The molecule has 0 radical (unpaired) electrons. The zero-order valence-corrected chi connectivity index (χ0v) is 12.5. The first kappa shape index (κ1) is 15.0. The van der Waals surface area contributed by atoms with Gasteiger partial charge in [0.2, 0.25) is 5.91 Å². The normalized spacial score (nSPS) is 16.9. The van der Waals surface area contributed by atoms with Crippen LogP contribution in [0.2, 0.25) is 0 Å². The van der Waals surface area contributed by atoms with Crippen LogP contribution in [0.3, 0.4) is 0 Å². The summed E-state index contributed by atoms with van der Waals surface area (Å²) in [4.78, 5) is 27.9. The Morgan fingerprint density at radius 2 is 2.05 bits per heavy atom. The quantitative estimate of drug-likeness (QED) is 0.830. The number of hydrogen-bond acceptors (Lipinski definition) is 6. The molecule has 1 aromatic rings. The van der Waals surface area contributed by atoms with E-state index in [9.17, 15) is 9.59 Å². The number of nitrogens with one attached hydrogen (secondary N) is 1. The number of esters is 1. The van der Waals surface area contributed by atoms with Crippen molar-refractivity contribution in [1.29, 1.82) is 0 Å². The van der Waals surface area contributed by atoms with Crippen molar-refractivity contribution in [1.82, 2.24) is 9.80 Å². The molecule has 7 heteroatoms. The Hall–Kier alpha value is -1.44. The molecule has 1 amide bonds. The van der Waals surface area contributed by atoms with E-state index in [-0.39, 0.29) is 5.91 Å². The van der Waals surface area contributed by atoms with Gasteiger partial charge in [-0.1, -0.05) is 0 Å². The fourth-order valence-electron chi connectivity index (χ4n) is 2.05. The van der Waals surface area contributed by atoms with Gasteiger partial charge in [0.1, 0.15) is 5.00 Å². The van der Waals surface area contributed by atoms with Gasteiger partial charge in [-0.3, -0.25) is 9.69 Å². The molecule has 1 aromatic heterocycles. The predicted molar refractivity (Wildman–Crippen MR) is 78.2 cm³/mol. The summed E-state index contributed by atoms with van der Waals surface area (Å²) in [5.74, 6) is -0.525. The number of rotatable bonds is 4. The van der Waals surface area contributed by atoms with Crippen molar-refractivity contribution in [3.05, 3.63) is 17.0 Å². The number of ether oxygens (including phenoxy) is 1. The molecule has 6 nitrogen and oxygen atoms in total. The van der Waals surface area contributed by atoms with Crippen molar-refractivity contribution in [2.45, 2.75) is 0 Å².